The SMILES string of the molecule is Cc1cc(C#CCCO)ccc1N1C(=O)C(C)C(C)C1=O. The molecule has 2 amide bonds. The van der Waals surface area contributed by atoms with Gasteiger partial charge in [-0.2, -0.15) is 0 Å². The highest BCUT2D eigenvalue weighted by molar-refractivity contribution is 6.22. The van der Waals surface area contributed by atoms with E-state index in [1.807, 2.05) is 13.0 Å². The van der Waals surface area contributed by atoms with Crippen molar-refractivity contribution < 1.29 is 14.7 Å². The Hall–Kier alpha value is -2.12. The van der Waals surface area contributed by atoms with Crippen molar-refractivity contribution in [3.63, 3.8) is 0 Å². The summed E-state index contributed by atoms with van der Waals surface area (Å²) in [5.74, 6) is 4.96. The fraction of sp³-hybridized carbons (Fsp3) is 0.412. The van der Waals surface area contributed by atoms with Crippen molar-refractivity contribution in [1.82, 2.24) is 0 Å². The summed E-state index contributed by atoms with van der Waals surface area (Å²) in [6, 6.07) is 5.41. The molecule has 1 aromatic carbocycles. The maximum Gasteiger partial charge on any atom is 0.237 e. The first kappa shape index (κ1) is 15.3. The molecular formula is C17H19NO3. The number of amides is 2. The number of aliphatic hydroxyl groups excluding tert-OH is 1. The van der Waals surface area contributed by atoms with Gasteiger partial charge in [-0.05, 0) is 30.7 Å². The highest BCUT2D eigenvalue weighted by Gasteiger charge is 2.43. The maximum atomic E-state index is 12.2. The summed E-state index contributed by atoms with van der Waals surface area (Å²) in [5, 5.41) is 8.71. The summed E-state index contributed by atoms with van der Waals surface area (Å²) in [6.45, 7) is 5.47. The van der Waals surface area contributed by atoms with Crippen LogP contribution >= 0.6 is 0 Å². The van der Waals surface area contributed by atoms with E-state index in [2.05, 4.69) is 11.8 Å². The molecule has 2 unspecified atom stereocenters. The molecule has 21 heavy (non-hydrogen) atoms. The van der Waals surface area contributed by atoms with Crippen LogP contribution in [0.5, 0.6) is 0 Å². The highest BCUT2D eigenvalue weighted by atomic mass is 16.2. The van der Waals surface area contributed by atoms with E-state index in [9.17, 15) is 9.59 Å². The Morgan fingerprint density at radius 3 is 2.33 bits per heavy atom. The minimum atomic E-state index is -0.277. The van der Waals surface area contributed by atoms with Gasteiger partial charge in [0.05, 0.1) is 12.3 Å². The predicted octanol–water partition coefficient (Wildman–Crippen LogP) is 1.87. The second kappa shape index (κ2) is 6.11. The Kier molecular flexibility index (Phi) is 4.44. The van der Waals surface area contributed by atoms with Gasteiger partial charge in [-0.1, -0.05) is 25.7 Å². The van der Waals surface area contributed by atoms with Crippen LogP contribution in [0.25, 0.3) is 0 Å². The second-order valence-electron chi connectivity index (χ2n) is 5.37. The van der Waals surface area contributed by atoms with Crippen LogP contribution < -0.4 is 4.90 Å². The molecule has 0 bridgehead atoms. The molecule has 1 aliphatic heterocycles. The fourth-order valence-electron chi connectivity index (χ4n) is 2.39. The molecule has 0 saturated carbocycles. The Balaban J connectivity index is 2.32. The fourth-order valence-corrected chi connectivity index (χ4v) is 2.39. The van der Waals surface area contributed by atoms with Gasteiger partial charge in [-0.3, -0.25) is 9.59 Å². The normalized spacial score (nSPS) is 21.4. The van der Waals surface area contributed by atoms with Crippen molar-refractivity contribution in [2.24, 2.45) is 11.8 Å². The number of carbonyl (C=O) groups excluding carboxylic acids is 2. The third-order valence-electron chi connectivity index (χ3n) is 3.88. The molecule has 1 heterocycles. The van der Waals surface area contributed by atoms with Gasteiger partial charge in [0.2, 0.25) is 11.8 Å². The van der Waals surface area contributed by atoms with Gasteiger partial charge < -0.3 is 5.11 Å². The Morgan fingerprint density at radius 1 is 1.19 bits per heavy atom. The minimum Gasteiger partial charge on any atom is -0.395 e. The van der Waals surface area contributed by atoms with Gasteiger partial charge in [0.15, 0.2) is 0 Å². The van der Waals surface area contributed by atoms with Crippen molar-refractivity contribution in [3.05, 3.63) is 29.3 Å². The number of hydrogen-bond donors (Lipinski definition) is 1. The maximum absolute atomic E-state index is 12.2. The van der Waals surface area contributed by atoms with Crippen LogP contribution in [0.4, 0.5) is 5.69 Å². The van der Waals surface area contributed by atoms with E-state index in [-0.39, 0.29) is 30.3 Å². The number of aliphatic hydroxyl groups is 1. The van der Waals surface area contributed by atoms with E-state index in [0.29, 0.717) is 12.1 Å². The summed E-state index contributed by atoms with van der Waals surface area (Å²) in [5.41, 5.74) is 2.28. The molecule has 0 aromatic heterocycles. The zero-order valence-corrected chi connectivity index (χ0v) is 12.5. The van der Waals surface area contributed by atoms with Gasteiger partial charge >= 0.3 is 0 Å². The first-order valence-corrected chi connectivity index (χ1v) is 7.05. The lowest BCUT2D eigenvalue weighted by Gasteiger charge is -2.17. The molecule has 110 valence electrons. The molecule has 1 N–H and O–H groups in total. The van der Waals surface area contributed by atoms with Crippen molar-refractivity contribution in [2.45, 2.75) is 27.2 Å². The molecule has 1 aliphatic rings. The van der Waals surface area contributed by atoms with Crippen LogP contribution in [-0.4, -0.2) is 23.5 Å². The molecule has 2 atom stereocenters. The molecule has 1 aromatic rings. The zero-order chi connectivity index (χ0) is 15.6. The molecule has 4 nitrogen and oxygen atoms in total. The summed E-state index contributed by atoms with van der Waals surface area (Å²) in [6.07, 6.45) is 0.429. The molecule has 1 saturated heterocycles. The number of rotatable bonds is 2. The zero-order valence-electron chi connectivity index (χ0n) is 12.5. The standard InChI is InChI=1S/C17H19NO3/c1-11-10-14(6-4-5-9-19)7-8-15(11)18-16(20)12(2)13(3)17(18)21/h7-8,10,12-13,19H,5,9H2,1-3H3. The summed E-state index contributed by atoms with van der Waals surface area (Å²) >= 11 is 0. The number of hydrogen-bond acceptors (Lipinski definition) is 3. The summed E-state index contributed by atoms with van der Waals surface area (Å²) in [4.78, 5) is 25.7. The number of carbonyl (C=O) groups is 2. The van der Waals surface area contributed by atoms with Crippen LogP contribution in [0.3, 0.4) is 0 Å². The van der Waals surface area contributed by atoms with Crippen LogP contribution in [-0.2, 0) is 9.59 Å². The Labute approximate surface area is 124 Å². The van der Waals surface area contributed by atoms with Crippen LogP contribution in [0.15, 0.2) is 18.2 Å². The predicted molar refractivity (Wildman–Crippen MR) is 80.6 cm³/mol. The third-order valence-corrected chi connectivity index (χ3v) is 3.88. The average Bonchev–Trinajstić information content (AvgIpc) is 2.64. The van der Waals surface area contributed by atoms with E-state index >= 15 is 0 Å². The molecule has 4 heteroatoms. The van der Waals surface area contributed by atoms with Crippen LogP contribution in [0, 0.1) is 30.6 Å². The molecule has 0 aliphatic carbocycles. The largest absolute Gasteiger partial charge is 0.395 e. The molecule has 1 fully saturated rings. The summed E-state index contributed by atoms with van der Waals surface area (Å²) in [7, 11) is 0. The van der Waals surface area contributed by atoms with Gasteiger partial charge in [0, 0.05) is 23.8 Å². The first-order valence-electron chi connectivity index (χ1n) is 7.05. The molecule has 0 radical (unpaired) electrons. The second-order valence-corrected chi connectivity index (χ2v) is 5.37. The number of nitrogens with zero attached hydrogens (tertiary/aromatic N) is 1. The number of imide groups is 1. The van der Waals surface area contributed by atoms with Crippen LogP contribution in [0.2, 0.25) is 0 Å². The van der Waals surface area contributed by atoms with E-state index in [0.717, 1.165) is 11.1 Å². The average molecular weight is 285 g/mol. The highest BCUT2D eigenvalue weighted by Crippen LogP contribution is 2.32. The Morgan fingerprint density at radius 2 is 1.81 bits per heavy atom. The molecular weight excluding hydrogens is 266 g/mol. The lowest BCUT2D eigenvalue weighted by Crippen LogP contribution is -2.31. The van der Waals surface area contributed by atoms with Crippen molar-refractivity contribution in [1.29, 1.82) is 0 Å². The van der Waals surface area contributed by atoms with E-state index in [1.54, 1.807) is 26.0 Å². The molecule has 2 rings (SSSR count). The van der Waals surface area contributed by atoms with Crippen molar-refractivity contribution in [2.75, 3.05) is 11.5 Å². The van der Waals surface area contributed by atoms with Crippen molar-refractivity contribution >= 4 is 17.5 Å². The number of aryl methyl sites for hydroxylation is 1. The van der Waals surface area contributed by atoms with Gasteiger partial charge in [0.25, 0.3) is 0 Å². The minimum absolute atomic E-state index is 0.0383. The van der Waals surface area contributed by atoms with Crippen molar-refractivity contribution in [3.8, 4) is 11.8 Å². The quantitative estimate of drug-likeness (QED) is 0.666. The topological polar surface area (TPSA) is 57.6 Å². The number of anilines is 1. The van der Waals surface area contributed by atoms with E-state index in [4.69, 9.17) is 5.11 Å². The first-order chi connectivity index (χ1) is 9.97. The lowest BCUT2D eigenvalue weighted by atomic mass is 10.00. The third kappa shape index (κ3) is 2.84. The lowest BCUT2D eigenvalue weighted by molar-refractivity contribution is -0.122. The van der Waals surface area contributed by atoms with Crippen LogP contribution in [0.1, 0.15) is 31.4 Å². The van der Waals surface area contributed by atoms with E-state index in [1.165, 1.54) is 4.90 Å². The smallest absolute Gasteiger partial charge is 0.237 e. The Bertz CT molecular complexity index is 619. The number of benzene rings is 1. The molecule has 0 spiro atoms. The summed E-state index contributed by atoms with van der Waals surface area (Å²) < 4.78 is 0. The van der Waals surface area contributed by atoms with E-state index < -0.39 is 0 Å². The monoisotopic (exact) mass is 285 g/mol. The van der Waals surface area contributed by atoms with Gasteiger partial charge in [0.1, 0.15) is 0 Å². The van der Waals surface area contributed by atoms with Gasteiger partial charge in [-0.25, -0.2) is 4.90 Å². The van der Waals surface area contributed by atoms with Gasteiger partial charge in [-0.15, -0.1) is 0 Å².